The van der Waals surface area contributed by atoms with Crippen molar-refractivity contribution in [1.29, 1.82) is 0 Å². The lowest BCUT2D eigenvalue weighted by Gasteiger charge is -2.29. The van der Waals surface area contributed by atoms with Gasteiger partial charge in [-0.1, -0.05) is 12.1 Å². The molecule has 0 spiro atoms. The van der Waals surface area contributed by atoms with Crippen molar-refractivity contribution in [3.8, 4) is 11.5 Å². The summed E-state index contributed by atoms with van der Waals surface area (Å²) in [7, 11) is 3.34. The summed E-state index contributed by atoms with van der Waals surface area (Å²) in [6, 6.07) is 12.4. The summed E-state index contributed by atoms with van der Waals surface area (Å²) < 4.78 is 23.9. The second-order valence-corrected chi connectivity index (χ2v) is 6.63. The van der Waals surface area contributed by atoms with Crippen LogP contribution < -0.4 is 14.8 Å². The SMILES string of the molecule is COc1ccc(OC)c([C@H]2CCCN2C(=S)NCc2ccc(F)cc2)c1. The van der Waals surface area contributed by atoms with Gasteiger partial charge in [0.25, 0.3) is 0 Å². The topological polar surface area (TPSA) is 33.7 Å². The maximum Gasteiger partial charge on any atom is 0.169 e. The van der Waals surface area contributed by atoms with Crippen molar-refractivity contribution in [1.82, 2.24) is 10.2 Å². The van der Waals surface area contributed by atoms with Crippen molar-refractivity contribution in [2.45, 2.75) is 25.4 Å². The lowest BCUT2D eigenvalue weighted by Crippen LogP contribution is -2.39. The zero-order chi connectivity index (χ0) is 18.5. The second-order valence-electron chi connectivity index (χ2n) is 6.24. The monoisotopic (exact) mass is 374 g/mol. The van der Waals surface area contributed by atoms with Crippen LogP contribution in [0, 0.1) is 5.82 Å². The van der Waals surface area contributed by atoms with E-state index >= 15 is 0 Å². The van der Waals surface area contributed by atoms with Crippen molar-refractivity contribution < 1.29 is 13.9 Å². The van der Waals surface area contributed by atoms with Crippen LogP contribution in [-0.2, 0) is 6.54 Å². The molecule has 26 heavy (non-hydrogen) atoms. The average molecular weight is 374 g/mol. The van der Waals surface area contributed by atoms with Crippen LogP contribution in [0.2, 0.25) is 0 Å². The lowest BCUT2D eigenvalue weighted by atomic mass is 10.0. The van der Waals surface area contributed by atoms with Crippen molar-refractivity contribution in [2.24, 2.45) is 0 Å². The van der Waals surface area contributed by atoms with Crippen molar-refractivity contribution >= 4 is 17.3 Å². The maximum atomic E-state index is 13.0. The molecule has 1 fully saturated rings. The van der Waals surface area contributed by atoms with Crippen molar-refractivity contribution in [2.75, 3.05) is 20.8 Å². The van der Waals surface area contributed by atoms with Gasteiger partial charge in [-0.3, -0.25) is 0 Å². The molecule has 0 radical (unpaired) electrons. The Bertz CT molecular complexity index is 767. The van der Waals surface area contributed by atoms with E-state index in [1.165, 1.54) is 12.1 Å². The highest BCUT2D eigenvalue weighted by molar-refractivity contribution is 7.80. The molecule has 0 saturated carbocycles. The molecule has 0 aliphatic carbocycles. The summed E-state index contributed by atoms with van der Waals surface area (Å²) >= 11 is 5.63. The Morgan fingerprint density at radius 1 is 1.19 bits per heavy atom. The van der Waals surface area contributed by atoms with Crippen LogP contribution in [0.25, 0.3) is 0 Å². The zero-order valence-electron chi connectivity index (χ0n) is 15.0. The fraction of sp³-hybridized carbons (Fsp3) is 0.350. The van der Waals surface area contributed by atoms with Gasteiger partial charge in [-0.15, -0.1) is 0 Å². The van der Waals surface area contributed by atoms with Crippen molar-refractivity contribution in [3.05, 3.63) is 59.4 Å². The molecule has 3 rings (SSSR count). The number of ether oxygens (including phenoxy) is 2. The van der Waals surface area contributed by atoms with E-state index in [0.29, 0.717) is 11.7 Å². The van der Waals surface area contributed by atoms with Gasteiger partial charge in [-0.25, -0.2) is 4.39 Å². The molecule has 1 atom stereocenters. The molecule has 1 aliphatic heterocycles. The van der Waals surface area contributed by atoms with E-state index in [0.717, 1.165) is 42.0 Å². The first-order chi connectivity index (χ1) is 12.6. The van der Waals surface area contributed by atoms with Gasteiger partial charge in [0.05, 0.1) is 20.3 Å². The van der Waals surface area contributed by atoms with Crippen LogP contribution in [0.5, 0.6) is 11.5 Å². The third-order valence-electron chi connectivity index (χ3n) is 4.67. The van der Waals surface area contributed by atoms with Gasteiger partial charge in [0.15, 0.2) is 5.11 Å². The van der Waals surface area contributed by atoms with Gasteiger partial charge in [0.2, 0.25) is 0 Å². The van der Waals surface area contributed by atoms with Crippen LogP contribution in [0.15, 0.2) is 42.5 Å². The minimum atomic E-state index is -0.235. The first-order valence-corrected chi connectivity index (χ1v) is 9.04. The molecule has 0 amide bonds. The minimum Gasteiger partial charge on any atom is -0.497 e. The Morgan fingerprint density at radius 2 is 1.96 bits per heavy atom. The van der Waals surface area contributed by atoms with Crippen LogP contribution in [0.4, 0.5) is 4.39 Å². The van der Waals surface area contributed by atoms with E-state index in [4.69, 9.17) is 21.7 Å². The molecule has 0 bridgehead atoms. The molecule has 2 aromatic rings. The molecule has 0 unspecified atom stereocenters. The van der Waals surface area contributed by atoms with E-state index in [9.17, 15) is 4.39 Å². The van der Waals surface area contributed by atoms with E-state index in [1.807, 2.05) is 18.2 Å². The number of likely N-dealkylation sites (tertiary alicyclic amines) is 1. The van der Waals surface area contributed by atoms with Gasteiger partial charge in [-0.2, -0.15) is 0 Å². The van der Waals surface area contributed by atoms with Crippen LogP contribution in [-0.4, -0.2) is 30.8 Å². The smallest absolute Gasteiger partial charge is 0.169 e. The van der Waals surface area contributed by atoms with Gasteiger partial charge in [0, 0.05) is 18.7 Å². The molecule has 1 aliphatic rings. The number of benzene rings is 2. The highest BCUT2D eigenvalue weighted by Crippen LogP contribution is 2.38. The van der Waals surface area contributed by atoms with E-state index in [1.54, 1.807) is 26.4 Å². The molecule has 1 saturated heterocycles. The third-order valence-corrected chi connectivity index (χ3v) is 5.05. The summed E-state index contributed by atoms with van der Waals surface area (Å²) in [6.07, 6.45) is 2.06. The van der Waals surface area contributed by atoms with E-state index < -0.39 is 0 Å². The molecule has 138 valence electrons. The average Bonchev–Trinajstić information content (AvgIpc) is 3.16. The zero-order valence-corrected chi connectivity index (χ0v) is 15.8. The van der Waals surface area contributed by atoms with Gasteiger partial charge >= 0.3 is 0 Å². The van der Waals surface area contributed by atoms with Crippen molar-refractivity contribution in [3.63, 3.8) is 0 Å². The highest BCUT2D eigenvalue weighted by Gasteiger charge is 2.30. The van der Waals surface area contributed by atoms with Crippen LogP contribution in [0.1, 0.15) is 30.0 Å². The minimum absolute atomic E-state index is 0.147. The largest absolute Gasteiger partial charge is 0.497 e. The number of nitrogens with zero attached hydrogens (tertiary/aromatic N) is 1. The third kappa shape index (κ3) is 4.07. The summed E-state index contributed by atoms with van der Waals surface area (Å²) in [6.45, 7) is 1.46. The quantitative estimate of drug-likeness (QED) is 0.799. The Hall–Kier alpha value is -2.34. The molecule has 1 N–H and O–H groups in total. The number of thiocarbonyl (C=S) groups is 1. The fourth-order valence-corrected chi connectivity index (χ4v) is 3.61. The van der Waals surface area contributed by atoms with Gasteiger partial charge in [0.1, 0.15) is 17.3 Å². The Balaban J connectivity index is 1.73. The summed E-state index contributed by atoms with van der Waals surface area (Å²) in [5, 5.41) is 3.99. The van der Waals surface area contributed by atoms with Crippen LogP contribution >= 0.6 is 12.2 Å². The standard InChI is InChI=1S/C20H23FN2O2S/c1-24-16-9-10-19(25-2)17(12-16)18-4-3-11-23(18)20(26)22-13-14-5-7-15(21)8-6-14/h5-10,12,18H,3-4,11,13H2,1-2H3,(H,22,26)/t18-/m1/s1. The summed E-state index contributed by atoms with van der Waals surface area (Å²) in [5.74, 6) is 1.41. The molecular weight excluding hydrogens is 351 g/mol. The molecule has 0 aromatic heterocycles. The maximum absolute atomic E-state index is 13.0. The summed E-state index contributed by atoms with van der Waals surface area (Å²) in [5.41, 5.74) is 2.07. The molecule has 2 aromatic carbocycles. The Labute approximate surface area is 158 Å². The van der Waals surface area contributed by atoms with Gasteiger partial charge < -0.3 is 19.7 Å². The predicted molar refractivity (Wildman–Crippen MR) is 104 cm³/mol. The predicted octanol–water partition coefficient (Wildman–Crippen LogP) is 4.05. The first kappa shape index (κ1) is 18.5. The number of rotatable bonds is 5. The number of nitrogens with one attached hydrogen (secondary N) is 1. The number of halogens is 1. The Kier molecular flexibility index (Phi) is 5.93. The summed E-state index contributed by atoms with van der Waals surface area (Å²) in [4.78, 5) is 2.19. The fourth-order valence-electron chi connectivity index (χ4n) is 3.31. The number of hydrogen-bond donors (Lipinski definition) is 1. The normalized spacial score (nSPS) is 16.4. The van der Waals surface area contributed by atoms with Crippen LogP contribution in [0.3, 0.4) is 0 Å². The molecule has 4 nitrogen and oxygen atoms in total. The van der Waals surface area contributed by atoms with E-state index in [2.05, 4.69) is 10.2 Å². The highest BCUT2D eigenvalue weighted by atomic mass is 32.1. The molecule has 1 heterocycles. The molecule has 6 heteroatoms. The van der Waals surface area contributed by atoms with Gasteiger partial charge in [-0.05, 0) is 61.0 Å². The molecular formula is C20H23FN2O2S. The Morgan fingerprint density at radius 3 is 2.65 bits per heavy atom. The van der Waals surface area contributed by atoms with E-state index in [-0.39, 0.29) is 11.9 Å². The second kappa shape index (κ2) is 8.36. The lowest BCUT2D eigenvalue weighted by molar-refractivity contribution is 0.357. The first-order valence-electron chi connectivity index (χ1n) is 8.63. The number of methoxy groups -OCH3 is 2. The number of hydrogen-bond acceptors (Lipinski definition) is 3.